The molecule has 226 valence electrons. The zero-order valence-electron chi connectivity index (χ0n) is 26.2. The Hall–Kier alpha value is -4.72. The summed E-state index contributed by atoms with van der Waals surface area (Å²) >= 11 is 0. The van der Waals surface area contributed by atoms with Crippen LogP contribution in [0.3, 0.4) is 0 Å². The van der Waals surface area contributed by atoms with Crippen molar-refractivity contribution in [3.8, 4) is 34.3 Å². The molecule has 5 rings (SSSR count). The largest absolute Gasteiger partial charge is 0.504 e. The predicted octanol–water partition coefficient (Wildman–Crippen LogP) is 7.86. The Morgan fingerprint density at radius 1 is 0.705 bits per heavy atom. The number of ether oxygens (including phenoxy) is 1. The molecular formula is C36H40N6O2. The summed E-state index contributed by atoms with van der Waals surface area (Å²) < 4.78 is 5.91. The topological polar surface area (TPSA) is 107 Å². The fourth-order valence-corrected chi connectivity index (χ4v) is 5.64. The van der Waals surface area contributed by atoms with Gasteiger partial charge in [0.1, 0.15) is 24.3 Å². The zero-order chi connectivity index (χ0) is 31.1. The Bertz CT molecular complexity index is 1720. The van der Waals surface area contributed by atoms with Gasteiger partial charge in [0.15, 0.2) is 23.1 Å². The molecule has 5 aromatic rings. The van der Waals surface area contributed by atoms with E-state index in [1.54, 1.807) is 30.9 Å². The fraction of sp³-hybridized carbons (Fsp3) is 0.333. The monoisotopic (exact) mass is 588 g/mol. The molecule has 2 atom stereocenters. The average molecular weight is 589 g/mol. The first-order chi connectivity index (χ1) is 21.3. The second kappa shape index (κ2) is 14.2. The van der Waals surface area contributed by atoms with E-state index in [2.05, 4.69) is 91.0 Å². The molecular weight excluding hydrogens is 548 g/mol. The third-order valence-electron chi connectivity index (χ3n) is 8.04. The Kier molecular flexibility index (Phi) is 9.89. The van der Waals surface area contributed by atoms with E-state index >= 15 is 0 Å². The van der Waals surface area contributed by atoms with Crippen molar-refractivity contribution < 1.29 is 9.84 Å². The van der Waals surface area contributed by atoms with Crippen molar-refractivity contribution >= 4 is 0 Å². The van der Waals surface area contributed by atoms with Gasteiger partial charge in [-0.25, -0.2) is 29.9 Å². The Balaban J connectivity index is 1.42. The van der Waals surface area contributed by atoms with E-state index in [0.29, 0.717) is 24.0 Å². The molecule has 0 radical (unpaired) electrons. The van der Waals surface area contributed by atoms with Crippen molar-refractivity contribution in [1.82, 2.24) is 29.9 Å². The summed E-state index contributed by atoms with van der Waals surface area (Å²) in [6, 6.07) is 19.7. The summed E-state index contributed by atoms with van der Waals surface area (Å²) in [5.74, 6) is 3.60. The van der Waals surface area contributed by atoms with E-state index in [1.165, 1.54) is 11.1 Å². The standard InChI is InChI=1S/C36H40N6O2/c1-6-27(33-37-21-39-35(41-33)29-15-13-23(2)18-25(29)4)20-28(10-9-17-44-32-12-8-7-11-31(32)43)34-38-22-40-36(42-34)30-16-14-24(3)19-26(30)5/h7-8,11-16,18-19,21-22,27-28,43H,6,9-10,17,20H2,1-5H3. The minimum absolute atomic E-state index is 0.0155. The first kappa shape index (κ1) is 30.7. The van der Waals surface area contributed by atoms with Gasteiger partial charge in [0.2, 0.25) is 0 Å². The molecule has 0 saturated heterocycles. The van der Waals surface area contributed by atoms with Gasteiger partial charge in [0, 0.05) is 23.0 Å². The lowest BCUT2D eigenvalue weighted by Gasteiger charge is -2.22. The summed E-state index contributed by atoms with van der Waals surface area (Å²) in [5, 5.41) is 10.1. The number of aromatic nitrogens is 6. The van der Waals surface area contributed by atoms with Gasteiger partial charge in [-0.15, -0.1) is 0 Å². The highest BCUT2D eigenvalue weighted by Gasteiger charge is 2.24. The zero-order valence-corrected chi connectivity index (χ0v) is 26.2. The van der Waals surface area contributed by atoms with Crippen molar-refractivity contribution in [3.63, 3.8) is 0 Å². The molecule has 0 bridgehead atoms. The minimum atomic E-state index is 0.0155. The molecule has 0 amide bonds. The van der Waals surface area contributed by atoms with Crippen LogP contribution in [0.25, 0.3) is 22.8 Å². The molecule has 8 nitrogen and oxygen atoms in total. The third kappa shape index (κ3) is 7.43. The molecule has 0 aliphatic heterocycles. The maximum atomic E-state index is 10.1. The van der Waals surface area contributed by atoms with Gasteiger partial charge in [0.05, 0.1) is 6.61 Å². The van der Waals surface area contributed by atoms with Crippen LogP contribution in [0.4, 0.5) is 0 Å². The smallest absolute Gasteiger partial charge is 0.163 e. The van der Waals surface area contributed by atoms with Crippen LogP contribution in [-0.2, 0) is 0 Å². The number of rotatable bonds is 12. The minimum Gasteiger partial charge on any atom is -0.504 e. The van der Waals surface area contributed by atoms with Crippen molar-refractivity contribution in [2.45, 2.75) is 72.1 Å². The molecule has 44 heavy (non-hydrogen) atoms. The first-order valence-corrected chi connectivity index (χ1v) is 15.3. The number of nitrogens with zero attached hydrogens (tertiary/aromatic N) is 6. The molecule has 2 heterocycles. The van der Waals surface area contributed by atoms with Gasteiger partial charge in [-0.1, -0.05) is 66.6 Å². The lowest BCUT2D eigenvalue weighted by Crippen LogP contribution is -2.14. The van der Waals surface area contributed by atoms with Gasteiger partial charge in [-0.05, 0) is 76.6 Å². The van der Waals surface area contributed by atoms with E-state index in [9.17, 15) is 5.11 Å². The Labute approximate surface area is 259 Å². The first-order valence-electron chi connectivity index (χ1n) is 15.3. The van der Waals surface area contributed by atoms with E-state index < -0.39 is 0 Å². The molecule has 0 fully saturated rings. The second-order valence-electron chi connectivity index (χ2n) is 11.5. The molecule has 0 aliphatic carbocycles. The van der Waals surface area contributed by atoms with Gasteiger partial charge in [-0.3, -0.25) is 0 Å². The third-order valence-corrected chi connectivity index (χ3v) is 8.04. The van der Waals surface area contributed by atoms with Crippen LogP contribution in [0, 0.1) is 27.7 Å². The van der Waals surface area contributed by atoms with Gasteiger partial charge >= 0.3 is 0 Å². The summed E-state index contributed by atoms with van der Waals surface area (Å²) in [4.78, 5) is 28.3. The number of aryl methyl sites for hydroxylation is 4. The highest BCUT2D eigenvalue weighted by atomic mass is 16.5. The number of benzene rings is 3. The second-order valence-corrected chi connectivity index (χ2v) is 11.5. The van der Waals surface area contributed by atoms with Crippen molar-refractivity contribution in [2.75, 3.05) is 6.61 Å². The van der Waals surface area contributed by atoms with Gasteiger partial charge in [0.25, 0.3) is 0 Å². The molecule has 8 heteroatoms. The van der Waals surface area contributed by atoms with E-state index in [0.717, 1.165) is 59.6 Å². The fourth-order valence-electron chi connectivity index (χ4n) is 5.64. The molecule has 3 aromatic carbocycles. The summed E-state index contributed by atoms with van der Waals surface area (Å²) in [6.45, 7) is 11.0. The normalized spacial score (nSPS) is 12.6. The number of phenols is 1. The number of hydrogen-bond donors (Lipinski definition) is 1. The molecule has 0 saturated carbocycles. The molecule has 2 aromatic heterocycles. The Morgan fingerprint density at radius 3 is 1.82 bits per heavy atom. The highest BCUT2D eigenvalue weighted by Crippen LogP contribution is 2.34. The maximum absolute atomic E-state index is 10.1. The molecule has 0 spiro atoms. The lowest BCUT2D eigenvalue weighted by molar-refractivity contribution is 0.282. The number of phenolic OH excluding ortho intramolecular Hbond substituents is 1. The SMILES string of the molecule is CCC(CC(CCCOc1ccccc1O)c1ncnc(-c2ccc(C)cc2C)n1)c1ncnc(-c2ccc(C)cc2C)n1. The van der Waals surface area contributed by atoms with Crippen LogP contribution in [0.2, 0.25) is 0 Å². The van der Waals surface area contributed by atoms with Crippen molar-refractivity contribution in [1.29, 1.82) is 0 Å². The Morgan fingerprint density at radius 2 is 1.27 bits per heavy atom. The van der Waals surface area contributed by atoms with Crippen molar-refractivity contribution in [2.24, 2.45) is 0 Å². The molecule has 2 unspecified atom stereocenters. The maximum Gasteiger partial charge on any atom is 0.163 e. The van der Waals surface area contributed by atoms with Gasteiger partial charge in [-0.2, -0.15) is 0 Å². The number of para-hydroxylation sites is 2. The van der Waals surface area contributed by atoms with Crippen LogP contribution in [0.5, 0.6) is 11.5 Å². The van der Waals surface area contributed by atoms with Crippen LogP contribution < -0.4 is 4.74 Å². The summed E-state index contributed by atoms with van der Waals surface area (Å²) in [6.07, 6.45) is 6.40. The lowest BCUT2D eigenvalue weighted by atomic mass is 9.88. The van der Waals surface area contributed by atoms with Gasteiger partial charge < -0.3 is 9.84 Å². The van der Waals surface area contributed by atoms with Crippen LogP contribution >= 0.6 is 0 Å². The van der Waals surface area contributed by atoms with Crippen LogP contribution in [-0.4, -0.2) is 41.6 Å². The van der Waals surface area contributed by atoms with E-state index in [1.807, 2.05) is 6.07 Å². The summed E-state index contributed by atoms with van der Waals surface area (Å²) in [5.41, 5.74) is 6.70. The molecule has 1 N–H and O–H groups in total. The summed E-state index contributed by atoms with van der Waals surface area (Å²) in [7, 11) is 0. The van der Waals surface area contributed by atoms with Crippen LogP contribution in [0.15, 0.2) is 73.3 Å². The number of aromatic hydroxyl groups is 1. The van der Waals surface area contributed by atoms with E-state index in [-0.39, 0.29) is 17.6 Å². The van der Waals surface area contributed by atoms with Crippen molar-refractivity contribution in [3.05, 3.63) is 107 Å². The quantitative estimate of drug-likeness (QED) is 0.147. The number of hydrogen-bond acceptors (Lipinski definition) is 8. The predicted molar refractivity (Wildman–Crippen MR) is 173 cm³/mol. The molecule has 0 aliphatic rings. The van der Waals surface area contributed by atoms with Crippen LogP contribution in [0.1, 0.15) is 78.3 Å². The average Bonchev–Trinajstić information content (AvgIpc) is 3.01. The highest BCUT2D eigenvalue weighted by molar-refractivity contribution is 5.61. The van der Waals surface area contributed by atoms with E-state index in [4.69, 9.17) is 14.7 Å².